The molecule has 0 radical (unpaired) electrons. The number of benzene rings is 1. The van der Waals surface area contributed by atoms with Crippen LogP contribution < -0.4 is 10.6 Å². The summed E-state index contributed by atoms with van der Waals surface area (Å²) in [5.41, 5.74) is 1.85. The van der Waals surface area contributed by atoms with E-state index in [2.05, 4.69) is 15.8 Å². The topological polar surface area (TPSA) is 83.0 Å². The maximum Gasteiger partial charge on any atom is 0.321 e. The van der Waals surface area contributed by atoms with Crippen LogP contribution in [-0.2, 0) is 9.63 Å². The highest BCUT2D eigenvalue weighted by molar-refractivity contribution is 6.00. The van der Waals surface area contributed by atoms with Crippen molar-refractivity contribution in [3.05, 3.63) is 29.8 Å². The molecule has 0 aliphatic carbocycles. The van der Waals surface area contributed by atoms with Gasteiger partial charge in [-0.1, -0.05) is 17.3 Å². The number of amidine groups is 1. The molecule has 2 heterocycles. The Balaban J connectivity index is 1.55. The summed E-state index contributed by atoms with van der Waals surface area (Å²) >= 11 is 0. The molecule has 2 aliphatic rings. The lowest BCUT2D eigenvalue weighted by atomic mass is 9.97. The summed E-state index contributed by atoms with van der Waals surface area (Å²) in [6.07, 6.45) is 2.18. The Morgan fingerprint density at radius 3 is 2.88 bits per heavy atom. The maximum absolute atomic E-state index is 12.5. The van der Waals surface area contributed by atoms with Gasteiger partial charge in [-0.15, -0.1) is 0 Å². The first kappa shape index (κ1) is 17.3. The third-order valence-electron chi connectivity index (χ3n) is 4.44. The number of piperidine rings is 1. The van der Waals surface area contributed by atoms with E-state index in [0.717, 1.165) is 24.1 Å². The van der Waals surface area contributed by atoms with Crippen molar-refractivity contribution in [2.24, 2.45) is 11.1 Å². The third kappa shape index (κ3) is 4.49. The fourth-order valence-corrected chi connectivity index (χ4v) is 3.12. The molecule has 2 aliphatic heterocycles. The van der Waals surface area contributed by atoms with E-state index in [1.165, 1.54) is 0 Å². The summed E-state index contributed by atoms with van der Waals surface area (Å²) < 4.78 is 0. The van der Waals surface area contributed by atoms with Gasteiger partial charge in [-0.3, -0.25) is 4.79 Å². The van der Waals surface area contributed by atoms with Crippen molar-refractivity contribution in [3.8, 4) is 0 Å². The second-order valence-corrected chi connectivity index (χ2v) is 6.73. The standard InChI is InChI=1S/C18H24N4O3/c1-12-5-3-7-15(9-12)19-18(24)22-8-4-6-14(11-22)17(23)20-16-10-13(2)25-21-16/h3,5,7,9,13-14H,4,6,8,10-11H2,1-2H3,(H,19,24)(H,20,21,23)/t13-,14+/m0/s1. The number of aryl methyl sites for hydroxylation is 1. The zero-order chi connectivity index (χ0) is 17.8. The highest BCUT2D eigenvalue weighted by Crippen LogP contribution is 2.19. The molecule has 0 spiro atoms. The molecular formula is C18H24N4O3. The molecule has 2 N–H and O–H groups in total. The van der Waals surface area contributed by atoms with Crippen molar-refractivity contribution in [3.63, 3.8) is 0 Å². The van der Waals surface area contributed by atoms with Gasteiger partial charge in [0.1, 0.15) is 6.10 Å². The largest absolute Gasteiger partial charge is 0.391 e. The van der Waals surface area contributed by atoms with E-state index >= 15 is 0 Å². The van der Waals surface area contributed by atoms with Gasteiger partial charge >= 0.3 is 6.03 Å². The molecule has 3 amide bonds. The lowest BCUT2D eigenvalue weighted by Gasteiger charge is -2.32. The molecule has 1 fully saturated rings. The Bertz CT molecular complexity index is 689. The fourth-order valence-electron chi connectivity index (χ4n) is 3.12. The quantitative estimate of drug-likeness (QED) is 0.864. The number of oxime groups is 1. The summed E-state index contributed by atoms with van der Waals surface area (Å²) in [4.78, 5) is 31.7. The normalized spacial score (nSPS) is 22.8. The Labute approximate surface area is 147 Å². The first-order valence-electron chi connectivity index (χ1n) is 8.67. The van der Waals surface area contributed by atoms with Gasteiger partial charge in [0.15, 0.2) is 5.84 Å². The smallest absolute Gasteiger partial charge is 0.321 e. The van der Waals surface area contributed by atoms with Crippen LogP contribution in [0.15, 0.2) is 29.4 Å². The highest BCUT2D eigenvalue weighted by Gasteiger charge is 2.30. The Hall–Kier alpha value is -2.57. The summed E-state index contributed by atoms with van der Waals surface area (Å²) in [7, 11) is 0. The van der Waals surface area contributed by atoms with Crippen molar-refractivity contribution in [2.75, 3.05) is 18.4 Å². The van der Waals surface area contributed by atoms with E-state index in [4.69, 9.17) is 4.84 Å². The minimum atomic E-state index is -0.226. The molecule has 0 aromatic heterocycles. The van der Waals surface area contributed by atoms with Gasteiger partial charge in [-0.05, 0) is 44.4 Å². The molecule has 1 saturated heterocycles. The maximum atomic E-state index is 12.5. The third-order valence-corrected chi connectivity index (χ3v) is 4.44. The number of likely N-dealkylation sites (tertiary alicyclic amines) is 1. The van der Waals surface area contributed by atoms with Gasteiger partial charge in [-0.2, -0.15) is 0 Å². The molecule has 134 valence electrons. The van der Waals surface area contributed by atoms with E-state index in [1.807, 2.05) is 38.1 Å². The minimum Gasteiger partial charge on any atom is -0.391 e. The fraction of sp³-hybridized carbons (Fsp3) is 0.500. The zero-order valence-corrected chi connectivity index (χ0v) is 14.6. The number of amides is 3. The van der Waals surface area contributed by atoms with Gasteiger partial charge < -0.3 is 20.4 Å². The van der Waals surface area contributed by atoms with Crippen LogP contribution in [0.5, 0.6) is 0 Å². The highest BCUT2D eigenvalue weighted by atomic mass is 16.6. The van der Waals surface area contributed by atoms with Gasteiger partial charge in [0.2, 0.25) is 5.91 Å². The van der Waals surface area contributed by atoms with Gasteiger partial charge in [-0.25, -0.2) is 4.79 Å². The number of carbonyl (C=O) groups is 2. The van der Waals surface area contributed by atoms with Crippen molar-refractivity contribution >= 4 is 23.5 Å². The number of carbonyl (C=O) groups excluding carboxylic acids is 2. The molecule has 7 heteroatoms. The predicted molar refractivity (Wildman–Crippen MR) is 95.2 cm³/mol. The van der Waals surface area contributed by atoms with Gasteiger partial charge in [0.05, 0.1) is 5.92 Å². The minimum absolute atomic E-state index is 0.00161. The Morgan fingerprint density at radius 2 is 2.16 bits per heavy atom. The molecule has 7 nitrogen and oxygen atoms in total. The Kier molecular flexibility index (Phi) is 5.21. The van der Waals surface area contributed by atoms with E-state index < -0.39 is 0 Å². The van der Waals surface area contributed by atoms with Crippen LogP contribution in [-0.4, -0.2) is 41.9 Å². The second-order valence-electron chi connectivity index (χ2n) is 6.73. The number of nitrogens with zero attached hydrogens (tertiary/aromatic N) is 2. The van der Waals surface area contributed by atoms with Crippen molar-refractivity contribution < 1.29 is 14.4 Å². The van der Waals surface area contributed by atoms with Crippen LogP contribution in [0.25, 0.3) is 0 Å². The molecule has 3 rings (SSSR count). The van der Waals surface area contributed by atoms with Crippen molar-refractivity contribution in [1.29, 1.82) is 0 Å². The first-order valence-corrected chi connectivity index (χ1v) is 8.67. The molecule has 0 unspecified atom stereocenters. The van der Waals surface area contributed by atoms with Crippen LogP contribution in [0, 0.1) is 12.8 Å². The molecule has 0 saturated carbocycles. The lowest BCUT2D eigenvalue weighted by Crippen LogP contribution is -2.47. The van der Waals surface area contributed by atoms with Gasteiger partial charge in [0.25, 0.3) is 0 Å². The van der Waals surface area contributed by atoms with Crippen LogP contribution >= 0.6 is 0 Å². The zero-order valence-electron chi connectivity index (χ0n) is 14.6. The molecule has 2 atom stereocenters. The number of urea groups is 1. The van der Waals surface area contributed by atoms with Crippen molar-refractivity contribution in [2.45, 2.75) is 39.2 Å². The number of anilines is 1. The number of hydrogen-bond acceptors (Lipinski definition) is 4. The van der Waals surface area contributed by atoms with Gasteiger partial charge in [0, 0.05) is 25.2 Å². The van der Waals surface area contributed by atoms with Crippen LogP contribution in [0.1, 0.15) is 31.7 Å². The molecule has 0 bridgehead atoms. The van der Waals surface area contributed by atoms with E-state index in [1.54, 1.807) is 4.90 Å². The number of hydrogen-bond donors (Lipinski definition) is 2. The van der Waals surface area contributed by atoms with E-state index in [-0.39, 0.29) is 24.0 Å². The van der Waals surface area contributed by atoms with Crippen LogP contribution in [0.4, 0.5) is 10.5 Å². The molecular weight excluding hydrogens is 320 g/mol. The van der Waals surface area contributed by atoms with Crippen molar-refractivity contribution in [1.82, 2.24) is 10.2 Å². The summed E-state index contributed by atoms with van der Waals surface area (Å²) in [5.74, 6) is 0.249. The monoisotopic (exact) mass is 344 g/mol. The van der Waals surface area contributed by atoms with E-state index in [0.29, 0.717) is 25.3 Å². The number of rotatable bonds is 2. The SMILES string of the molecule is Cc1cccc(NC(=O)N2CCC[C@@H](C(=O)NC3=NO[C@@H](C)C3)C2)c1. The average Bonchev–Trinajstić information content (AvgIpc) is 3.00. The van der Waals surface area contributed by atoms with Crippen LogP contribution in [0.2, 0.25) is 0 Å². The predicted octanol–water partition coefficient (Wildman–Crippen LogP) is 2.48. The lowest BCUT2D eigenvalue weighted by molar-refractivity contribution is -0.124. The molecule has 25 heavy (non-hydrogen) atoms. The summed E-state index contributed by atoms with van der Waals surface area (Å²) in [6, 6.07) is 7.50. The summed E-state index contributed by atoms with van der Waals surface area (Å²) in [6.45, 7) is 4.95. The second kappa shape index (κ2) is 7.55. The molecule has 1 aromatic rings. The number of nitrogens with one attached hydrogen (secondary N) is 2. The van der Waals surface area contributed by atoms with E-state index in [9.17, 15) is 9.59 Å². The van der Waals surface area contributed by atoms with Crippen LogP contribution in [0.3, 0.4) is 0 Å². The first-order chi connectivity index (χ1) is 12.0. The average molecular weight is 344 g/mol. The molecule has 1 aromatic carbocycles. The summed E-state index contributed by atoms with van der Waals surface area (Å²) in [5, 5.41) is 9.59. The Morgan fingerprint density at radius 1 is 1.32 bits per heavy atom.